The maximum absolute atomic E-state index is 13.9. The van der Waals surface area contributed by atoms with E-state index >= 15 is 0 Å². The van der Waals surface area contributed by atoms with Gasteiger partial charge in [-0.3, -0.25) is 4.79 Å². The van der Waals surface area contributed by atoms with Gasteiger partial charge in [-0.2, -0.15) is 0 Å². The summed E-state index contributed by atoms with van der Waals surface area (Å²) in [5, 5.41) is 2.82. The lowest BCUT2D eigenvalue weighted by Crippen LogP contribution is -2.46. The molecule has 1 aromatic rings. The Morgan fingerprint density at radius 1 is 1.43 bits per heavy atom. The summed E-state index contributed by atoms with van der Waals surface area (Å²) in [7, 11) is 0. The maximum Gasteiger partial charge on any atom is 0.237 e. The van der Waals surface area contributed by atoms with E-state index in [1.807, 2.05) is 13.8 Å². The molecular weight excluding hydrogens is 274 g/mol. The minimum Gasteiger partial charge on any atom is -0.354 e. The summed E-state index contributed by atoms with van der Waals surface area (Å²) in [5.41, 5.74) is 5.95. The van der Waals surface area contributed by atoms with Gasteiger partial charge >= 0.3 is 0 Å². The van der Waals surface area contributed by atoms with Gasteiger partial charge in [0.1, 0.15) is 11.6 Å². The van der Waals surface area contributed by atoms with Crippen LogP contribution in [0.3, 0.4) is 0 Å². The van der Waals surface area contributed by atoms with Crippen molar-refractivity contribution in [1.29, 1.82) is 0 Å². The molecule has 1 amide bonds. The lowest BCUT2D eigenvalue weighted by atomic mass is 9.94. The molecule has 0 aliphatic heterocycles. The quantitative estimate of drug-likeness (QED) is 0.847. The second kappa shape index (κ2) is 6.10. The van der Waals surface area contributed by atoms with Crippen molar-refractivity contribution in [3.8, 4) is 0 Å². The molecule has 21 heavy (non-hydrogen) atoms. The van der Waals surface area contributed by atoms with Crippen LogP contribution < -0.4 is 11.1 Å². The van der Waals surface area contributed by atoms with Crippen LogP contribution in [0.1, 0.15) is 38.7 Å². The number of benzene rings is 1. The monoisotopic (exact) mass is 296 g/mol. The van der Waals surface area contributed by atoms with Gasteiger partial charge in [0.25, 0.3) is 0 Å². The van der Waals surface area contributed by atoms with Gasteiger partial charge in [0.05, 0.1) is 6.04 Å². The van der Waals surface area contributed by atoms with Crippen LogP contribution >= 0.6 is 0 Å². The topological polar surface area (TPSA) is 55.1 Å². The van der Waals surface area contributed by atoms with Crippen molar-refractivity contribution >= 4 is 5.91 Å². The maximum atomic E-state index is 13.9. The number of nitrogens with two attached hydrogens (primary N) is 1. The third-order valence-corrected chi connectivity index (χ3v) is 4.52. The first-order valence-corrected chi connectivity index (χ1v) is 7.38. The van der Waals surface area contributed by atoms with Crippen LogP contribution in [0.5, 0.6) is 0 Å². The molecule has 1 aliphatic rings. The molecule has 1 saturated carbocycles. The molecule has 1 fully saturated rings. The first-order chi connectivity index (χ1) is 9.89. The number of amides is 1. The van der Waals surface area contributed by atoms with E-state index in [1.54, 1.807) is 0 Å². The molecule has 116 valence electrons. The molecule has 1 aromatic carbocycles. The SMILES string of the molecule is CCC(C)C(N)C(=O)NCC1(c2ccc(F)cc2F)CC1. The van der Waals surface area contributed by atoms with Crippen molar-refractivity contribution in [1.82, 2.24) is 5.32 Å². The first kappa shape index (κ1) is 15.9. The Morgan fingerprint density at radius 2 is 2.10 bits per heavy atom. The lowest BCUT2D eigenvalue weighted by Gasteiger charge is -2.21. The molecule has 0 spiro atoms. The fourth-order valence-electron chi connectivity index (χ4n) is 2.50. The highest BCUT2D eigenvalue weighted by Crippen LogP contribution is 2.48. The van der Waals surface area contributed by atoms with Crippen molar-refractivity contribution in [3.05, 3.63) is 35.4 Å². The van der Waals surface area contributed by atoms with Crippen molar-refractivity contribution in [2.75, 3.05) is 6.54 Å². The fourth-order valence-corrected chi connectivity index (χ4v) is 2.50. The van der Waals surface area contributed by atoms with E-state index in [1.165, 1.54) is 12.1 Å². The summed E-state index contributed by atoms with van der Waals surface area (Å²) in [6.45, 7) is 4.25. The number of nitrogens with one attached hydrogen (secondary N) is 1. The summed E-state index contributed by atoms with van der Waals surface area (Å²) >= 11 is 0. The van der Waals surface area contributed by atoms with Gasteiger partial charge < -0.3 is 11.1 Å². The summed E-state index contributed by atoms with van der Waals surface area (Å²) in [4.78, 5) is 12.0. The third-order valence-electron chi connectivity index (χ3n) is 4.52. The lowest BCUT2D eigenvalue weighted by molar-refractivity contribution is -0.123. The number of hydrogen-bond acceptors (Lipinski definition) is 2. The Balaban J connectivity index is 2.01. The molecule has 0 heterocycles. The van der Waals surface area contributed by atoms with Crippen LogP contribution in [0, 0.1) is 17.6 Å². The molecule has 1 aliphatic carbocycles. The van der Waals surface area contributed by atoms with Crippen molar-refractivity contribution in [2.45, 2.75) is 44.6 Å². The highest BCUT2D eigenvalue weighted by Gasteiger charge is 2.46. The Bertz CT molecular complexity index is 529. The normalized spacial score (nSPS) is 18.9. The van der Waals surface area contributed by atoms with Crippen molar-refractivity contribution in [3.63, 3.8) is 0 Å². The van der Waals surface area contributed by atoms with E-state index < -0.39 is 23.1 Å². The van der Waals surface area contributed by atoms with E-state index in [0.29, 0.717) is 12.1 Å². The summed E-state index contributed by atoms with van der Waals surface area (Å²) in [6.07, 6.45) is 2.40. The smallest absolute Gasteiger partial charge is 0.237 e. The van der Waals surface area contributed by atoms with Crippen LogP contribution in [-0.2, 0) is 10.2 Å². The summed E-state index contributed by atoms with van der Waals surface area (Å²) in [5.74, 6) is -1.25. The highest BCUT2D eigenvalue weighted by molar-refractivity contribution is 5.81. The molecule has 0 radical (unpaired) electrons. The van der Waals surface area contributed by atoms with Crippen molar-refractivity contribution in [2.24, 2.45) is 11.7 Å². The molecule has 2 rings (SSSR count). The number of rotatable bonds is 6. The molecule has 5 heteroatoms. The minimum atomic E-state index is -0.588. The van der Waals surface area contributed by atoms with Gasteiger partial charge in [0.2, 0.25) is 5.91 Å². The van der Waals surface area contributed by atoms with Crippen LogP contribution in [0.2, 0.25) is 0 Å². The molecule has 0 aromatic heterocycles. The van der Waals surface area contributed by atoms with Gasteiger partial charge in [-0.1, -0.05) is 26.3 Å². The number of halogens is 2. The van der Waals surface area contributed by atoms with Gasteiger partial charge in [0, 0.05) is 18.0 Å². The van der Waals surface area contributed by atoms with E-state index in [0.717, 1.165) is 25.3 Å². The van der Waals surface area contributed by atoms with E-state index in [9.17, 15) is 13.6 Å². The molecule has 3 nitrogen and oxygen atoms in total. The van der Waals surface area contributed by atoms with E-state index in [4.69, 9.17) is 5.73 Å². The average Bonchev–Trinajstić information content (AvgIpc) is 3.24. The third kappa shape index (κ3) is 3.40. The Kier molecular flexibility index (Phi) is 4.61. The molecule has 0 bridgehead atoms. The molecule has 2 unspecified atom stereocenters. The first-order valence-electron chi connectivity index (χ1n) is 7.38. The zero-order chi connectivity index (χ0) is 15.6. The Morgan fingerprint density at radius 3 is 2.62 bits per heavy atom. The van der Waals surface area contributed by atoms with Crippen LogP contribution in [0.25, 0.3) is 0 Å². The zero-order valence-corrected chi connectivity index (χ0v) is 12.5. The van der Waals surface area contributed by atoms with Crippen LogP contribution in [-0.4, -0.2) is 18.5 Å². The van der Waals surface area contributed by atoms with Gasteiger partial charge in [-0.15, -0.1) is 0 Å². The zero-order valence-electron chi connectivity index (χ0n) is 12.5. The Hall–Kier alpha value is -1.49. The van der Waals surface area contributed by atoms with E-state index in [2.05, 4.69) is 5.32 Å². The minimum absolute atomic E-state index is 0.0997. The number of hydrogen-bond donors (Lipinski definition) is 2. The van der Waals surface area contributed by atoms with E-state index in [-0.39, 0.29) is 11.8 Å². The number of carbonyl (C=O) groups is 1. The predicted molar refractivity (Wildman–Crippen MR) is 77.7 cm³/mol. The number of carbonyl (C=O) groups excluding carboxylic acids is 1. The highest BCUT2D eigenvalue weighted by atomic mass is 19.1. The van der Waals surface area contributed by atoms with Gasteiger partial charge in [-0.25, -0.2) is 8.78 Å². The molecule has 3 N–H and O–H groups in total. The summed E-state index contributed by atoms with van der Waals surface area (Å²) < 4.78 is 26.9. The molecule has 2 atom stereocenters. The molecular formula is C16H22F2N2O. The molecule has 0 saturated heterocycles. The van der Waals surface area contributed by atoms with Gasteiger partial charge in [-0.05, 0) is 30.4 Å². The van der Waals surface area contributed by atoms with Gasteiger partial charge in [0.15, 0.2) is 0 Å². The average molecular weight is 296 g/mol. The Labute approximate surface area is 123 Å². The summed E-state index contributed by atoms with van der Waals surface area (Å²) in [6, 6.07) is 3.06. The second-order valence-electron chi connectivity index (χ2n) is 6.03. The predicted octanol–water partition coefficient (Wildman–Crippen LogP) is 2.49. The largest absolute Gasteiger partial charge is 0.354 e. The van der Waals surface area contributed by atoms with Crippen LogP contribution in [0.4, 0.5) is 8.78 Å². The van der Waals surface area contributed by atoms with Crippen molar-refractivity contribution < 1.29 is 13.6 Å². The standard InChI is InChI=1S/C16H22F2N2O/c1-3-10(2)14(19)15(21)20-9-16(6-7-16)12-5-4-11(17)8-13(12)18/h4-5,8,10,14H,3,6-7,9,19H2,1-2H3,(H,20,21). The second-order valence-corrected chi connectivity index (χ2v) is 6.03. The van der Waals surface area contributed by atoms with Crippen LogP contribution in [0.15, 0.2) is 18.2 Å². The fraction of sp³-hybridized carbons (Fsp3) is 0.562.